The quantitative estimate of drug-likeness (QED) is 0.418. The number of nitrogens with one attached hydrogen (secondary N) is 2. The zero-order valence-corrected chi connectivity index (χ0v) is 15.1. The Morgan fingerprint density at radius 3 is 2.77 bits per heavy atom. The summed E-state index contributed by atoms with van der Waals surface area (Å²) in [7, 11) is 1.68. The number of ether oxygens (including phenoxy) is 1. The van der Waals surface area contributed by atoms with Crippen molar-refractivity contribution < 1.29 is 13.5 Å². The molecule has 0 atom stereocenters. The van der Waals surface area contributed by atoms with Gasteiger partial charge in [-0.25, -0.2) is 13.8 Å². The predicted molar refractivity (Wildman–Crippen MR) is 99.1 cm³/mol. The van der Waals surface area contributed by atoms with Crippen LogP contribution in [0.4, 0.5) is 8.78 Å². The van der Waals surface area contributed by atoms with Crippen molar-refractivity contribution in [2.24, 2.45) is 4.99 Å². The molecule has 8 heteroatoms. The van der Waals surface area contributed by atoms with E-state index < -0.39 is 13.0 Å². The Kier molecular flexibility index (Phi) is 8.08. The van der Waals surface area contributed by atoms with Crippen molar-refractivity contribution in [2.45, 2.75) is 19.4 Å². The zero-order chi connectivity index (χ0) is 18.8. The molecule has 0 radical (unpaired) electrons. The van der Waals surface area contributed by atoms with E-state index in [1.807, 2.05) is 12.1 Å². The van der Waals surface area contributed by atoms with Crippen molar-refractivity contribution in [2.75, 3.05) is 20.2 Å². The molecule has 140 valence electrons. The number of hydrogen-bond donors (Lipinski definition) is 2. The first-order valence-electron chi connectivity index (χ1n) is 8.11. The molecule has 0 unspecified atom stereocenters. The van der Waals surface area contributed by atoms with Gasteiger partial charge < -0.3 is 15.4 Å². The average Bonchev–Trinajstić information content (AvgIpc) is 2.64. The monoisotopic (exact) mass is 382 g/mol. The molecular weight excluding hydrogens is 362 g/mol. The van der Waals surface area contributed by atoms with Crippen molar-refractivity contribution in [1.82, 2.24) is 15.6 Å². The van der Waals surface area contributed by atoms with Crippen LogP contribution in [0.5, 0.6) is 5.75 Å². The molecule has 1 heterocycles. The first-order chi connectivity index (χ1) is 12.6. The lowest BCUT2D eigenvalue weighted by molar-refractivity contribution is 0.0818. The van der Waals surface area contributed by atoms with Gasteiger partial charge in [-0.1, -0.05) is 29.8 Å². The molecule has 2 N–H and O–H groups in total. The van der Waals surface area contributed by atoms with E-state index in [0.717, 1.165) is 17.5 Å². The fraction of sp³-hybridized carbons (Fsp3) is 0.333. The van der Waals surface area contributed by atoms with Crippen LogP contribution in [0.1, 0.15) is 11.1 Å². The molecule has 0 saturated carbocycles. The minimum atomic E-state index is -2.49. The lowest BCUT2D eigenvalue weighted by atomic mass is 10.2. The van der Waals surface area contributed by atoms with Gasteiger partial charge >= 0.3 is 0 Å². The maximum atomic E-state index is 12.2. The summed E-state index contributed by atoms with van der Waals surface area (Å²) in [6, 6.07) is 10.7. The van der Waals surface area contributed by atoms with Crippen LogP contribution in [-0.2, 0) is 13.0 Å². The van der Waals surface area contributed by atoms with E-state index in [0.29, 0.717) is 30.0 Å². The molecule has 0 fully saturated rings. The van der Waals surface area contributed by atoms with Crippen LogP contribution in [0, 0.1) is 0 Å². The van der Waals surface area contributed by atoms with E-state index in [1.54, 1.807) is 37.5 Å². The second-order valence-electron chi connectivity index (χ2n) is 5.44. The van der Waals surface area contributed by atoms with Crippen LogP contribution in [0.15, 0.2) is 47.6 Å². The fourth-order valence-electron chi connectivity index (χ4n) is 2.19. The van der Waals surface area contributed by atoms with Gasteiger partial charge in [0.15, 0.2) is 5.96 Å². The maximum absolute atomic E-state index is 12.2. The Morgan fingerprint density at radius 1 is 1.23 bits per heavy atom. The number of nitrogens with zero attached hydrogens (tertiary/aromatic N) is 2. The SMILES string of the molecule is CN=C(NCCc1ccc(Cl)nc1)NCc1cccc(OCC(F)F)c1. The Morgan fingerprint density at radius 2 is 2.08 bits per heavy atom. The molecule has 0 amide bonds. The molecule has 1 aromatic carbocycles. The second-order valence-corrected chi connectivity index (χ2v) is 5.83. The van der Waals surface area contributed by atoms with E-state index in [2.05, 4.69) is 20.6 Å². The third-order valence-electron chi connectivity index (χ3n) is 3.45. The molecule has 0 saturated heterocycles. The number of aliphatic imine (C=N–C) groups is 1. The standard InChI is InChI=1S/C18H21ClF2N4O/c1-22-18(23-8-7-13-5-6-16(19)24-10-13)25-11-14-3-2-4-15(9-14)26-12-17(20)21/h2-6,9-10,17H,7-8,11-12H2,1H3,(H2,22,23,25). The molecule has 0 spiro atoms. The molecule has 0 aliphatic heterocycles. The van der Waals surface area contributed by atoms with Gasteiger partial charge in [-0.15, -0.1) is 0 Å². The highest BCUT2D eigenvalue weighted by atomic mass is 35.5. The van der Waals surface area contributed by atoms with Crippen molar-refractivity contribution in [1.29, 1.82) is 0 Å². The molecular formula is C18H21ClF2N4O. The Hall–Kier alpha value is -2.41. The molecule has 0 bridgehead atoms. The summed E-state index contributed by atoms with van der Waals surface area (Å²) in [6.45, 7) is 0.564. The minimum Gasteiger partial charge on any atom is -0.488 e. The molecule has 1 aromatic heterocycles. The summed E-state index contributed by atoms with van der Waals surface area (Å²) >= 11 is 5.76. The Balaban J connectivity index is 1.77. The molecule has 2 rings (SSSR count). The highest BCUT2D eigenvalue weighted by molar-refractivity contribution is 6.29. The number of hydrogen-bond acceptors (Lipinski definition) is 3. The van der Waals surface area contributed by atoms with E-state index in [1.165, 1.54) is 0 Å². The highest BCUT2D eigenvalue weighted by Gasteiger charge is 2.05. The number of rotatable bonds is 8. The van der Waals surface area contributed by atoms with Crippen molar-refractivity contribution in [3.63, 3.8) is 0 Å². The van der Waals surface area contributed by atoms with E-state index in [-0.39, 0.29) is 0 Å². The van der Waals surface area contributed by atoms with Crippen molar-refractivity contribution in [3.05, 3.63) is 58.9 Å². The van der Waals surface area contributed by atoms with Gasteiger partial charge in [-0.3, -0.25) is 4.99 Å². The second kappa shape index (κ2) is 10.6. The Labute approximate surface area is 156 Å². The number of alkyl halides is 2. The molecule has 0 aliphatic rings. The summed E-state index contributed by atoms with van der Waals surface area (Å²) in [5.74, 6) is 1.06. The smallest absolute Gasteiger partial charge is 0.272 e. The van der Waals surface area contributed by atoms with Crippen molar-refractivity contribution in [3.8, 4) is 5.75 Å². The first-order valence-corrected chi connectivity index (χ1v) is 8.49. The van der Waals surface area contributed by atoms with E-state index >= 15 is 0 Å². The van der Waals surface area contributed by atoms with Gasteiger partial charge in [0, 0.05) is 26.3 Å². The van der Waals surface area contributed by atoms with Crippen LogP contribution in [-0.4, -0.2) is 37.6 Å². The van der Waals surface area contributed by atoms with Gasteiger partial charge in [0.2, 0.25) is 0 Å². The molecule has 5 nitrogen and oxygen atoms in total. The van der Waals surface area contributed by atoms with Crippen LogP contribution < -0.4 is 15.4 Å². The zero-order valence-electron chi connectivity index (χ0n) is 14.4. The van der Waals surface area contributed by atoms with Crippen LogP contribution in [0.25, 0.3) is 0 Å². The number of pyridine rings is 1. The third-order valence-corrected chi connectivity index (χ3v) is 3.68. The van der Waals surface area contributed by atoms with Crippen LogP contribution >= 0.6 is 11.6 Å². The van der Waals surface area contributed by atoms with Crippen molar-refractivity contribution >= 4 is 17.6 Å². The largest absolute Gasteiger partial charge is 0.488 e. The number of benzene rings is 1. The lowest BCUT2D eigenvalue weighted by Gasteiger charge is -2.13. The third kappa shape index (κ3) is 7.23. The summed E-state index contributed by atoms with van der Waals surface area (Å²) in [5.41, 5.74) is 1.97. The summed E-state index contributed by atoms with van der Waals surface area (Å²) in [6.07, 6.45) is 0.0306. The van der Waals surface area contributed by atoms with Gasteiger partial charge in [0.05, 0.1) is 0 Å². The normalized spacial score (nSPS) is 11.5. The van der Waals surface area contributed by atoms with Gasteiger partial charge in [0.1, 0.15) is 17.5 Å². The molecule has 2 aromatic rings. The maximum Gasteiger partial charge on any atom is 0.272 e. The average molecular weight is 383 g/mol. The van der Waals surface area contributed by atoms with Gasteiger partial charge in [0.25, 0.3) is 6.43 Å². The minimum absolute atomic E-state index is 0.419. The summed E-state index contributed by atoms with van der Waals surface area (Å²) < 4.78 is 29.4. The van der Waals surface area contributed by atoms with Gasteiger partial charge in [-0.05, 0) is 35.7 Å². The first kappa shape index (κ1) is 19.9. The Bertz CT molecular complexity index is 711. The van der Waals surface area contributed by atoms with E-state index in [9.17, 15) is 8.78 Å². The molecule has 0 aliphatic carbocycles. The van der Waals surface area contributed by atoms with E-state index in [4.69, 9.17) is 16.3 Å². The lowest BCUT2D eigenvalue weighted by Crippen LogP contribution is -2.37. The molecule has 26 heavy (non-hydrogen) atoms. The topological polar surface area (TPSA) is 58.5 Å². The van der Waals surface area contributed by atoms with Gasteiger partial charge in [-0.2, -0.15) is 0 Å². The predicted octanol–water partition coefficient (Wildman–Crippen LogP) is 3.29. The fourth-order valence-corrected chi connectivity index (χ4v) is 2.30. The van der Waals surface area contributed by atoms with Crippen LogP contribution in [0.2, 0.25) is 5.15 Å². The number of aromatic nitrogens is 1. The van der Waals surface area contributed by atoms with Crippen LogP contribution in [0.3, 0.4) is 0 Å². The highest BCUT2D eigenvalue weighted by Crippen LogP contribution is 2.14. The number of guanidine groups is 1. The number of halogens is 3. The summed E-state index contributed by atoms with van der Waals surface area (Å²) in [5, 5.41) is 6.85. The summed E-state index contributed by atoms with van der Waals surface area (Å²) in [4.78, 5) is 8.20.